The van der Waals surface area contributed by atoms with Crippen LogP contribution in [0.1, 0.15) is 24.1 Å². The number of benzene rings is 1. The van der Waals surface area contributed by atoms with Gasteiger partial charge in [-0.1, -0.05) is 6.07 Å². The summed E-state index contributed by atoms with van der Waals surface area (Å²) < 4.78 is 26.4. The molecule has 2 aromatic rings. The van der Waals surface area contributed by atoms with E-state index in [2.05, 4.69) is 10.3 Å². The highest BCUT2D eigenvalue weighted by molar-refractivity contribution is 7.13. The summed E-state index contributed by atoms with van der Waals surface area (Å²) in [5.41, 5.74) is 5.27. The zero-order valence-electron chi connectivity index (χ0n) is 14.0. The zero-order valence-corrected chi connectivity index (χ0v) is 14.9. The monoisotopic (exact) mass is 382 g/mol. The Morgan fingerprint density at radius 3 is 2.88 bits per heavy atom. The van der Waals surface area contributed by atoms with Crippen molar-refractivity contribution in [1.29, 1.82) is 0 Å². The summed E-state index contributed by atoms with van der Waals surface area (Å²) >= 11 is 1.33. The van der Waals surface area contributed by atoms with Crippen molar-refractivity contribution in [3.8, 4) is 0 Å². The van der Waals surface area contributed by atoms with Gasteiger partial charge in [0.15, 0.2) is 22.4 Å². The fourth-order valence-electron chi connectivity index (χ4n) is 3.04. The zero-order chi connectivity index (χ0) is 18.7. The van der Waals surface area contributed by atoms with Gasteiger partial charge in [0.05, 0.1) is 5.69 Å². The molecule has 140 valence electrons. The third-order valence-corrected chi connectivity index (χ3v) is 5.08. The second-order valence-electron chi connectivity index (χ2n) is 6.39. The van der Waals surface area contributed by atoms with E-state index >= 15 is 0 Å². The maximum absolute atomic E-state index is 13.4. The van der Waals surface area contributed by atoms with Crippen LogP contribution in [0.15, 0.2) is 23.6 Å². The number of nitrogens with zero attached hydrogens (tertiary/aromatic N) is 2. The molecule has 9 heteroatoms. The number of carbonyl (C=O) groups is 1. The largest absolute Gasteiger partial charge is 0.379 e. The number of rotatable bonds is 6. The van der Waals surface area contributed by atoms with Gasteiger partial charge < -0.3 is 21.1 Å². The summed E-state index contributed by atoms with van der Waals surface area (Å²) in [4.78, 5) is 18.3. The van der Waals surface area contributed by atoms with Crippen molar-refractivity contribution in [3.05, 3.63) is 46.5 Å². The molecule has 26 heavy (non-hydrogen) atoms. The van der Waals surface area contributed by atoms with Gasteiger partial charge in [-0.3, -0.25) is 4.79 Å². The van der Waals surface area contributed by atoms with Crippen LogP contribution in [-0.2, 0) is 17.9 Å². The highest BCUT2D eigenvalue weighted by Gasteiger charge is 2.41. The Kier molecular flexibility index (Phi) is 5.49. The number of aliphatic hydroxyl groups is 1. The molecule has 1 aliphatic heterocycles. The van der Waals surface area contributed by atoms with Crippen LogP contribution in [0.2, 0.25) is 0 Å². The summed E-state index contributed by atoms with van der Waals surface area (Å²) in [6.07, 6.45) is 0.962. The molecule has 1 aromatic heterocycles. The number of nitrogens with two attached hydrogens (primary N) is 1. The number of piperidine rings is 1. The molecule has 4 N–H and O–H groups in total. The van der Waals surface area contributed by atoms with Crippen LogP contribution in [0.3, 0.4) is 0 Å². The van der Waals surface area contributed by atoms with Crippen molar-refractivity contribution in [1.82, 2.24) is 15.2 Å². The van der Waals surface area contributed by atoms with E-state index in [9.17, 15) is 18.7 Å². The number of nitrogens with one attached hydrogen (secondary N) is 1. The van der Waals surface area contributed by atoms with E-state index < -0.39 is 23.1 Å². The van der Waals surface area contributed by atoms with Gasteiger partial charge in [0, 0.05) is 31.6 Å². The predicted molar refractivity (Wildman–Crippen MR) is 94.2 cm³/mol. The number of anilines is 1. The predicted octanol–water partition coefficient (Wildman–Crippen LogP) is 1.65. The van der Waals surface area contributed by atoms with Gasteiger partial charge in [0.2, 0.25) is 0 Å². The molecular weight excluding hydrogens is 362 g/mol. The lowest BCUT2D eigenvalue weighted by Gasteiger charge is -2.38. The summed E-state index contributed by atoms with van der Waals surface area (Å²) in [5.74, 6) is -2.30. The minimum absolute atomic E-state index is 0.0809. The molecule has 3 rings (SSSR count). The summed E-state index contributed by atoms with van der Waals surface area (Å²) in [6, 6.07) is 3.54. The van der Waals surface area contributed by atoms with E-state index in [4.69, 9.17) is 5.73 Å². The highest BCUT2D eigenvalue weighted by atomic mass is 32.1. The Labute approximate surface area is 153 Å². The lowest BCUT2D eigenvalue weighted by molar-refractivity contribution is -0.157. The molecule has 1 aliphatic rings. The average Bonchev–Trinajstić information content (AvgIpc) is 3.01. The Hall–Kier alpha value is -2.10. The first-order valence-corrected chi connectivity index (χ1v) is 9.12. The topological polar surface area (TPSA) is 91.5 Å². The lowest BCUT2D eigenvalue weighted by atomic mass is 9.91. The van der Waals surface area contributed by atoms with Gasteiger partial charge in [-0.2, -0.15) is 0 Å². The summed E-state index contributed by atoms with van der Waals surface area (Å²) in [5, 5.41) is 16.1. The molecule has 0 radical (unpaired) electrons. The van der Waals surface area contributed by atoms with Gasteiger partial charge in [-0.05, 0) is 30.5 Å². The third-order valence-electron chi connectivity index (χ3n) is 4.35. The van der Waals surface area contributed by atoms with Crippen molar-refractivity contribution in [2.75, 3.05) is 18.8 Å². The minimum atomic E-state index is -1.53. The first-order chi connectivity index (χ1) is 12.4. The molecular formula is C17H20F2N4O2S. The summed E-state index contributed by atoms with van der Waals surface area (Å²) in [7, 11) is 0. The Morgan fingerprint density at radius 2 is 2.19 bits per heavy atom. The number of amides is 1. The second-order valence-corrected chi connectivity index (χ2v) is 7.28. The van der Waals surface area contributed by atoms with Gasteiger partial charge in [0.1, 0.15) is 0 Å². The van der Waals surface area contributed by atoms with Gasteiger partial charge in [-0.15, -0.1) is 11.3 Å². The highest BCUT2D eigenvalue weighted by Crippen LogP contribution is 2.24. The van der Waals surface area contributed by atoms with E-state index in [0.717, 1.165) is 17.8 Å². The maximum atomic E-state index is 13.4. The number of hydrogen-bond acceptors (Lipinski definition) is 6. The van der Waals surface area contributed by atoms with Crippen molar-refractivity contribution < 1.29 is 18.7 Å². The smallest absolute Gasteiger partial charge is 0.256 e. The fraction of sp³-hybridized carbons (Fsp3) is 0.412. The number of carbonyl (C=O) groups excluding carboxylic acids is 1. The maximum Gasteiger partial charge on any atom is 0.256 e. The second kappa shape index (κ2) is 7.65. The molecule has 0 bridgehead atoms. The van der Waals surface area contributed by atoms with Crippen LogP contribution in [-0.4, -0.2) is 39.6 Å². The van der Waals surface area contributed by atoms with Crippen LogP contribution in [0.25, 0.3) is 0 Å². The van der Waals surface area contributed by atoms with Crippen molar-refractivity contribution in [3.63, 3.8) is 0 Å². The number of halogens is 2. The van der Waals surface area contributed by atoms with E-state index in [1.807, 2.05) is 5.38 Å². The molecule has 0 saturated carbocycles. The molecule has 0 aliphatic carbocycles. The molecule has 1 unspecified atom stereocenters. The van der Waals surface area contributed by atoms with Gasteiger partial charge >= 0.3 is 0 Å². The molecule has 1 fully saturated rings. The minimum Gasteiger partial charge on any atom is -0.379 e. The molecule has 1 aromatic carbocycles. The number of likely N-dealkylation sites (tertiary alicyclic amines) is 1. The molecule has 6 nitrogen and oxygen atoms in total. The lowest BCUT2D eigenvalue weighted by Crippen LogP contribution is -2.57. The first kappa shape index (κ1) is 18.7. The van der Waals surface area contributed by atoms with E-state index in [-0.39, 0.29) is 13.1 Å². The van der Waals surface area contributed by atoms with Gasteiger partial charge in [0.25, 0.3) is 5.91 Å². The molecule has 1 saturated heterocycles. The van der Waals surface area contributed by atoms with E-state index in [1.54, 1.807) is 0 Å². The van der Waals surface area contributed by atoms with Crippen molar-refractivity contribution >= 4 is 22.4 Å². The van der Waals surface area contributed by atoms with Crippen LogP contribution in [0.4, 0.5) is 13.9 Å². The van der Waals surface area contributed by atoms with Crippen LogP contribution >= 0.6 is 11.3 Å². The third kappa shape index (κ3) is 4.17. The quantitative estimate of drug-likeness (QED) is 0.707. The van der Waals surface area contributed by atoms with Crippen LogP contribution < -0.4 is 11.1 Å². The Morgan fingerprint density at radius 1 is 1.38 bits per heavy atom. The normalized spacial score (nSPS) is 20.6. The number of thiazole rings is 1. The molecule has 1 amide bonds. The standard InChI is InChI=1S/C17H20F2N4O2S/c18-13-3-2-11(6-14(13)19)8-23-5-1-4-17(25,15(23)24)10-21-7-12-9-26-16(20)22-12/h2-3,6,9,21,25H,1,4-5,7-8,10H2,(H2,20,22). The summed E-state index contributed by atoms with van der Waals surface area (Å²) in [6.45, 7) is 1.06. The Balaban J connectivity index is 1.61. The van der Waals surface area contributed by atoms with Crippen LogP contribution in [0.5, 0.6) is 0 Å². The number of nitrogen functional groups attached to an aromatic ring is 1. The van der Waals surface area contributed by atoms with E-state index in [0.29, 0.717) is 36.6 Å². The van der Waals surface area contributed by atoms with Gasteiger partial charge in [-0.25, -0.2) is 13.8 Å². The molecule has 1 atom stereocenters. The Bertz CT molecular complexity index is 801. The number of aromatic nitrogens is 1. The van der Waals surface area contributed by atoms with Crippen molar-refractivity contribution in [2.24, 2.45) is 0 Å². The van der Waals surface area contributed by atoms with Crippen molar-refractivity contribution in [2.45, 2.75) is 31.5 Å². The average molecular weight is 382 g/mol. The molecule has 0 spiro atoms. The first-order valence-electron chi connectivity index (χ1n) is 8.24. The number of hydrogen-bond donors (Lipinski definition) is 3. The SMILES string of the molecule is Nc1nc(CNCC2(O)CCCN(Cc3ccc(F)c(F)c3)C2=O)cs1. The fourth-order valence-corrected chi connectivity index (χ4v) is 3.60. The van der Waals surface area contributed by atoms with E-state index in [1.165, 1.54) is 22.3 Å². The van der Waals surface area contributed by atoms with Crippen LogP contribution in [0, 0.1) is 11.6 Å². The molecule has 2 heterocycles.